The van der Waals surface area contributed by atoms with Crippen LogP contribution < -0.4 is 0 Å². The minimum absolute atomic E-state index is 0.549. The summed E-state index contributed by atoms with van der Waals surface area (Å²) >= 11 is 1.80. The van der Waals surface area contributed by atoms with Crippen molar-refractivity contribution in [3.05, 3.63) is 206 Å². The van der Waals surface area contributed by atoms with Crippen molar-refractivity contribution in [3.63, 3.8) is 0 Å². The van der Waals surface area contributed by atoms with E-state index in [1.165, 1.54) is 36.3 Å². The van der Waals surface area contributed by atoms with Gasteiger partial charge in [0.15, 0.2) is 11.6 Å². The van der Waals surface area contributed by atoms with Crippen molar-refractivity contribution in [2.24, 2.45) is 0 Å². The lowest BCUT2D eigenvalue weighted by molar-refractivity contribution is 0.950. The molecule has 9 aromatic carbocycles. The average molecular weight is 835 g/mol. The SMILES string of the molecule is c1ccc(-c2nc(-c3cccc4sc5ccccc5c34)nc(-n3c4cccc(-n5c6ccccc6c6ccccc65)c4c4cccc(-n5c6ccccc6c6ccccc65)c43)n2)cc1. The van der Waals surface area contributed by atoms with E-state index in [0.29, 0.717) is 17.6 Å². The molecule has 0 aliphatic rings. The zero-order chi connectivity index (χ0) is 41.9. The highest BCUT2D eigenvalue weighted by Crippen LogP contribution is 2.44. The topological polar surface area (TPSA) is 53.5 Å². The molecule has 14 rings (SSSR count). The zero-order valence-corrected chi connectivity index (χ0v) is 35.0. The molecule has 0 N–H and O–H groups in total. The summed E-state index contributed by atoms with van der Waals surface area (Å²) in [5, 5.41) is 9.40. The molecule has 0 atom stereocenters. The Morgan fingerprint density at radius 1 is 0.312 bits per heavy atom. The van der Waals surface area contributed by atoms with E-state index in [2.05, 4.69) is 202 Å². The Labute approximate surface area is 370 Å². The Bertz CT molecular complexity index is 4100. The molecule has 7 heteroatoms. The third-order valence-corrected chi connectivity index (χ3v) is 14.0. The fourth-order valence-electron chi connectivity index (χ4n) is 10.3. The van der Waals surface area contributed by atoms with Crippen molar-refractivity contribution >= 4 is 96.9 Å². The van der Waals surface area contributed by atoms with Crippen molar-refractivity contribution in [1.29, 1.82) is 0 Å². The highest BCUT2D eigenvalue weighted by atomic mass is 32.1. The molecule has 0 fully saturated rings. The minimum atomic E-state index is 0.549. The lowest BCUT2D eigenvalue weighted by atomic mass is 10.1. The number of aromatic nitrogens is 6. The maximum absolute atomic E-state index is 5.58. The van der Waals surface area contributed by atoms with Crippen molar-refractivity contribution in [2.75, 3.05) is 0 Å². The smallest absolute Gasteiger partial charge is 0.238 e. The zero-order valence-electron chi connectivity index (χ0n) is 34.2. The molecule has 6 nitrogen and oxygen atoms in total. The van der Waals surface area contributed by atoms with Gasteiger partial charge >= 0.3 is 0 Å². The number of hydrogen-bond donors (Lipinski definition) is 0. The summed E-state index contributed by atoms with van der Waals surface area (Å²) in [6.07, 6.45) is 0. The molecular weight excluding hydrogens is 801 g/mol. The molecule has 0 saturated heterocycles. The third-order valence-electron chi connectivity index (χ3n) is 12.9. The van der Waals surface area contributed by atoms with Gasteiger partial charge in [0.05, 0.1) is 44.5 Å². The van der Waals surface area contributed by atoms with Gasteiger partial charge in [0.2, 0.25) is 5.95 Å². The van der Waals surface area contributed by atoms with Crippen LogP contribution in [0.3, 0.4) is 0 Å². The number of para-hydroxylation sites is 5. The first-order valence-corrected chi connectivity index (χ1v) is 22.4. The van der Waals surface area contributed by atoms with Gasteiger partial charge in [-0.05, 0) is 54.6 Å². The van der Waals surface area contributed by atoms with Gasteiger partial charge in [-0.15, -0.1) is 11.3 Å². The Morgan fingerprint density at radius 3 is 1.47 bits per heavy atom. The van der Waals surface area contributed by atoms with Crippen molar-refractivity contribution < 1.29 is 0 Å². The summed E-state index contributed by atoms with van der Waals surface area (Å²) in [4.78, 5) is 16.4. The van der Waals surface area contributed by atoms with Crippen LogP contribution in [0.5, 0.6) is 0 Å². The molecule has 5 aromatic heterocycles. The van der Waals surface area contributed by atoms with E-state index in [4.69, 9.17) is 15.0 Å². The van der Waals surface area contributed by atoms with Crippen LogP contribution in [0.1, 0.15) is 0 Å². The first kappa shape index (κ1) is 35.2. The monoisotopic (exact) mass is 834 g/mol. The van der Waals surface area contributed by atoms with E-state index < -0.39 is 0 Å². The second-order valence-electron chi connectivity index (χ2n) is 16.3. The van der Waals surface area contributed by atoms with Crippen LogP contribution in [-0.4, -0.2) is 28.7 Å². The molecule has 0 spiro atoms. The van der Waals surface area contributed by atoms with Gasteiger partial charge in [-0.3, -0.25) is 4.57 Å². The first-order chi connectivity index (χ1) is 31.8. The highest BCUT2D eigenvalue weighted by molar-refractivity contribution is 7.25. The second-order valence-corrected chi connectivity index (χ2v) is 17.4. The summed E-state index contributed by atoms with van der Waals surface area (Å²) in [6, 6.07) is 73.6. The maximum atomic E-state index is 5.58. The molecule has 14 aromatic rings. The van der Waals surface area contributed by atoms with Crippen LogP contribution in [-0.2, 0) is 0 Å². The predicted octanol–water partition coefficient (Wildman–Crippen LogP) is 14.9. The van der Waals surface area contributed by atoms with Crippen LogP contribution >= 0.6 is 11.3 Å². The molecule has 0 radical (unpaired) electrons. The molecule has 0 saturated carbocycles. The van der Waals surface area contributed by atoms with Gasteiger partial charge in [-0.1, -0.05) is 152 Å². The molecular formula is C57H34N6S. The van der Waals surface area contributed by atoms with Crippen molar-refractivity contribution in [3.8, 4) is 40.1 Å². The van der Waals surface area contributed by atoms with Gasteiger partial charge in [0.25, 0.3) is 0 Å². The summed E-state index contributed by atoms with van der Waals surface area (Å²) in [7, 11) is 0. The number of thiophene rings is 1. The second kappa shape index (κ2) is 13.6. The maximum Gasteiger partial charge on any atom is 0.238 e. The summed E-state index contributed by atoms with van der Waals surface area (Å²) < 4.78 is 9.58. The van der Waals surface area contributed by atoms with E-state index in [-0.39, 0.29) is 0 Å². The van der Waals surface area contributed by atoms with E-state index in [1.54, 1.807) is 11.3 Å². The minimum Gasteiger partial charge on any atom is -0.309 e. The molecule has 0 unspecified atom stereocenters. The van der Waals surface area contributed by atoms with Crippen LogP contribution in [0.25, 0.3) is 126 Å². The summed E-state index contributed by atoms with van der Waals surface area (Å²) in [6.45, 7) is 0. The lowest BCUT2D eigenvalue weighted by Gasteiger charge is -2.15. The van der Waals surface area contributed by atoms with E-state index in [1.807, 2.05) is 18.2 Å². The fourth-order valence-corrected chi connectivity index (χ4v) is 11.4. The Kier molecular flexibility index (Phi) is 7.46. The molecule has 64 heavy (non-hydrogen) atoms. The summed E-state index contributed by atoms with van der Waals surface area (Å²) in [5.74, 6) is 1.79. The molecule has 0 aliphatic heterocycles. The van der Waals surface area contributed by atoms with Crippen molar-refractivity contribution in [1.82, 2.24) is 28.7 Å². The Hall–Kier alpha value is -8.39. The lowest BCUT2D eigenvalue weighted by Crippen LogP contribution is -2.08. The van der Waals surface area contributed by atoms with Gasteiger partial charge in [-0.2, -0.15) is 9.97 Å². The van der Waals surface area contributed by atoms with Gasteiger partial charge < -0.3 is 9.13 Å². The van der Waals surface area contributed by atoms with Gasteiger partial charge in [-0.25, -0.2) is 4.98 Å². The number of fused-ring (bicyclic) bond motifs is 12. The van der Waals surface area contributed by atoms with Crippen LogP contribution in [0.15, 0.2) is 206 Å². The van der Waals surface area contributed by atoms with E-state index >= 15 is 0 Å². The van der Waals surface area contributed by atoms with Gasteiger partial charge in [0.1, 0.15) is 0 Å². The predicted molar refractivity (Wildman–Crippen MR) is 267 cm³/mol. The largest absolute Gasteiger partial charge is 0.309 e. The third kappa shape index (κ3) is 4.98. The average Bonchev–Trinajstić information content (AvgIpc) is 4.11. The normalized spacial score (nSPS) is 12.1. The number of nitrogens with zero attached hydrogens (tertiary/aromatic N) is 6. The Morgan fingerprint density at radius 2 is 0.797 bits per heavy atom. The molecule has 298 valence electrons. The first-order valence-electron chi connectivity index (χ1n) is 21.5. The molecule has 0 aliphatic carbocycles. The van der Waals surface area contributed by atoms with Crippen LogP contribution in [0.4, 0.5) is 0 Å². The standard InChI is InChI=1S/C57H34N6S/c1-2-17-35(18-3-1)55-58-56(42-25-15-34-51-52(42)40-23-8-13-33-50(40)64-51)60-57(59-55)63-48-31-16-30-47(61-43-26-9-4-19-36(43)37-20-5-10-27-44(37)61)53(48)41-24-14-32-49(54(41)63)62-45-28-11-6-21-38(45)39-22-7-12-29-46(39)62/h1-34H. The molecule has 0 bridgehead atoms. The van der Waals surface area contributed by atoms with Gasteiger partial charge in [0, 0.05) is 63.6 Å². The fraction of sp³-hybridized carbons (Fsp3) is 0. The highest BCUT2D eigenvalue weighted by Gasteiger charge is 2.26. The number of hydrogen-bond acceptors (Lipinski definition) is 4. The molecule has 5 heterocycles. The van der Waals surface area contributed by atoms with E-state index in [0.717, 1.165) is 71.8 Å². The van der Waals surface area contributed by atoms with Crippen molar-refractivity contribution in [2.45, 2.75) is 0 Å². The summed E-state index contributed by atoms with van der Waals surface area (Å²) in [5.41, 5.74) is 10.6. The quantitative estimate of drug-likeness (QED) is 0.174. The van der Waals surface area contributed by atoms with E-state index in [9.17, 15) is 0 Å². The Balaban J connectivity index is 1.16. The number of benzene rings is 9. The number of rotatable bonds is 5. The van der Waals surface area contributed by atoms with Crippen LogP contribution in [0, 0.1) is 0 Å². The molecule has 0 amide bonds. The van der Waals surface area contributed by atoms with Crippen LogP contribution in [0.2, 0.25) is 0 Å².